The summed E-state index contributed by atoms with van der Waals surface area (Å²) in [6.45, 7) is 4.73. The van der Waals surface area contributed by atoms with Gasteiger partial charge >= 0.3 is 0 Å². The minimum atomic E-state index is -0.665. The van der Waals surface area contributed by atoms with Crippen molar-refractivity contribution in [1.82, 2.24) is 0 Å². The van der Waals surface area contributed by atoms with Gasteiger partial charge in [0.1, 0.15) is 17.4 Å². The highest BCUT2D eigenvalue weighted by molar-refractivity contribution is 5.85. The van der Waals surface area contributed by atoms with Gasteiger partial charge in [-0.15, -0.1) is 0 Å². The van der Waals surface area contributed by atoms with E-state index in [0.717, 1.165) is 24.2 Å². The smallest absolute Gasteiger partial charge is 0.149 e. The van der Waals surface area contributed by atoms with Crippen molar-refractivity contribution in [3.05, 3.63) is 101 Å². The maximum atomic E-state index is 14.9. The molecule has 0 radical (unpaired) electrons. The van der Waals surface area contributed by atoms with Gasteiger partial charge in [-0.3, -0.25) is 0 Å². The summed E-state index contributed by atoms with van der Waals surface area (Å²) >= 11 is 0. The first-order chi connectivity index (χ1) is 16.6. The maximum absolute atomic E-state index is 14.9. The average molecular weight is 455 g/mol. The van der Waals surface area contributed by atoms with Crippen molar-refractivity contribution >= 4 is 22.1 Å². The quantitative estimate of drug-likeness (QED) is 0.213. The molecule has 34 heavy (non-hydrogen) atoms. The maximum Gasteiger partial charge on any atom is 0.149 e. The van der Waals surface area contributed by atoms with E-state index in [2.05, 4.69) is 29.0 Å². The van der Waals surface area contributed by atoms with E-state index < -0.39 is 11.6 Å². The molecule has 0 heterocycles. The number of nitrogens with zero attached hydrogens (tertiary/aromatic N) is 2. The topological polar surface area (TPSA) is 34.0 Å². The first-order valence-corrected chi connectivity index (χ1v) is 11.2. The summed E-state index contributed by atoms with van der Waals surface area (Å²) < 4.78 is 35.0. The van der Waals surface area contributed by atoms with Gasteiger partial charge in [0.2, 0.25) is 0 Å². The Morgan fingerprint density at radius 3 is 2.12 bits per heavy atom. The largest absolute Gasteiger partial charge is 0.494 e. The highest BCUT2D eigenvalue weighted by atomic mass is 19.1. The number of hydrogen-bond acceptors (Lipinski definition) is 3. The average Bonchev–Trinajstić information content (AvgIpc) is 2.87. The Labute approximate surface area is 198 Å². The first-order valence-electron chi connectivity index (χ1n) is 11.2. The number of azo groups is 1. The molecule has 0 fully saturated rings. The van der Waals surface area contributed by atoms with Crippen LogP contribution >= 0.6 is 0 Å². The fourth-order valence-corrected chi connectivity index (χ4v) is 3.40. The van der Waals surface area contributed by atoms with Crippen molar-refractivity contribution in [1.29, 1.82) is 0 Å². The van der Waals surface area contributed by atoms with E-state index in [0.29, 0.717) is 34.3 Å². The summed E-state index contributed by atoms with van der Waals surface area (Å²) in [5.74, 6) is 4.98. The Kier molecular flexibility index (Phi) is 7.29. The van der Waals surface area contributed by atoms with Crippen LogP contribution in [0.3, 0.4) is 0 Å². The second kappa shape index (κ2) is 10.7. The monoisotopic (exact) mass is 454 g/mol. The van der Waals surface area contributed by atoms with E-state index in [1.54, 1.807) is 36.4 Å². The minimum Gasteiger partial charge on any atom is -0.494 e. The molecule has 4 rings (SSSR count). The fraction of sp³-hybridized carbons (Fsp3) is 0.172. The zero-order chi connectivity index (χ0) is 23.9. The standard InChI is InChI=1S/C29H24F2N2O/c1-3-17-34-25-13-11-24(12-14-25)33-32-23-9-5-21(6-10-23)8-16-27-28(30)19-22-18-20(4-2)7-15-26(22)29(27)31/h5-7,9-15,18-19H,3-4,17H2,1-2H3. The Hall–Kier alpha value is -4.04. The van der Waals surface area contributed by atoms with Gasteiger partial charge in [0.15, 0.2) is 0 Å². The number of halogens is 2. The Morgan fingerprint density at radius 1 is 0.794 bits per heavy atom. The molecule has 0 aliphatic heterocycles. The molecule has 0 N–H and O–H groups in total. The van der Waals surface area contributed by atoms with Crippen LogP contribution in [-0.4, -0.2) is 6.61 Å². The van der Waals surface area contributed by atoms with Crippen LogP contribution < -0.4 is 4.74 Å². The van der Waals surface area contributed by atoms with Crippen LogP contribution in [0.5, 0.6) is 5.75 Å². The molecule has 0 unspecified atom stereocenters. The molecule has 170 valence electrons. The molecule has 4 aromatic carbocycles. The van der Waals surface area contributed by atoms with Gasteiger partial charge in [0.05, 0.1) is 23.5 Å². The lowest BCUT2D eigenvalue weighted by molar-refractivity contribution is 0.317. The molecular formula is C29H24F2N2O. The molecule has 0 amide bonds. The lowest BCUT2D eigenvalue weighted by Gasteiger charge is -2.05. The predicted octanol–water partition coefficient (Wildman–Crippen LogP) is 8.28. The Bertz CT molecular complexity index is 1380. The summed E-state index contributed by atoms with van der Waals surface area (Å²) in [4.78, 5) is 0. The summed E-state index contributed by atoms with van der Waals surface area (Å²) in [5, 5.41) is 9.34. The van der Waals surface area contributed by atoms with Gasteiger partial charge in [-0.1, -0.05) is 43.9 Å². The summed E-state index contributed by atoms with van der Waals surface area (Å²) in [7, 11) is 0. The van der Waals surface area contributed by atoms with Crippen LogP contribution in [-0.2, 0) is 6.42 Å². The van der Waals surface area contributed by atoms with E-state index in [4.69, 9.17) is 4.74 Å². The normalized spacial score (nSPS) is 10.9. The van der Waals surface area contributed by atoms with Crippen molar-refractivity contribution in [2.45, 2.75) is 26.7 Å². The van der Waals surface area contributed by atoms with E-state index in [1.165, 1.54) is 6.07 Å². The van der Waals surface area contributed by atoms with Crippen molar-refractivity contribution in [3.8, 4) is 17.6 Å². The Morgan fingerprint density at radius 2 is 1.47 bits per heavy atom. The van der Waals surface area contributed by atoms with Crippen molar-refractivity contribution in [2.75, 3.05) is 6.61 Å². The molecule has 0 saturated carbocycles. The zero-order valence-electron chi connectivity index (χ0n) is 19.1. The van der Waals surface area contributed by atoms with E-state index >= 15 is 0 Å². The second-order valence-electron chi connectivity index (χ2n) is 7.80. The van der Waals surface area contributed by atoms with E-state index in [9.17, 15) is 8.78 Å². The van der Waals surface area contributed by atoms with Crippen LogP contribution in [0, 0.1) is 23.5 Å². The lowest BCUT2D eigenvalue weighted by Crippen LogP contribution is -1.93. The number of fused-ring (bicyclic) bond motifs is 1. The van der Waals surface area contributed by atoms with Gasteiger partial charge in [0.25, 0.3) is 0 Å². The molecule has 0 spiro atoms. The number of aryl methyl sites for hydroxylation is 1. The van der Waals surface area contributed by atoms with Gasteiger partial charge in [-0.25, -0.2) is 8.78 Å². The molecule has 0 aromatic heterocycles. The van der Waals surface area contributed by atoms with Crippen molar-refractivity contribution in [3.63, 3.8) is 0 Å². The van der Waals surface area contributed by atoms with Crippen molar-refractivity contribution < 1.29 is 13.5 Å². The number of rotatable bonds is 6. The molecular weight excluding hydrogens is 430 g/mol. The molecule has 5 heteroatoms. The van der Waals surface area contributed by atoms with Crippen LogP contribution in [0.15, 0.2) is 83.0 Å². The summed E-state index contributed by atoms with van der Waals surface area (Å²) in [5.41, 5.74) is 2.77. The third-order valence-corrected chi connectivity index (χ3v) is 5.29. The second-order valence-corrected chi connectivity index (χ2v) is 7.80. The van der Waals surface area contributed by atoms with Gasteiger partial charge < -0.3 is 4.74 Å². The van der Waals surface area contributed by atoms with E-state index in [-0.39, 0.29) is 5.56 Å². The zero-order valence-corrected chi connectivity index (χ0v) is 19.1. The number of ether oxygens (including phenoxy) is 1. The molecule has 0 saturated heterocycles. The van der Waals surface area contributed by atoms with Crippen LogP contribution in [0.25, 0.3) is 10.8 Å². The molecule has 0 bridgehead atoms. The molecule has 0 aliphatic carbocycles. The molecule has 0 aliphatic rings. The predicted molar refractivity (Wildman–Crippen MR) is 132 cm³/mol. The number of benzene rings is 4. The number of hydrogen-bond donors (Lipinski definition) is 0. The summed E-state index contributed by atoms with van der Waals surface area (Å²) in [6, 6.07) is 21.1. The van der Waals surface area contributed by atoms with Gasteiger partial charge in [-0.05, 0) is 78.4 Å². The fourth-order valence-electron chi connectivity index (χ4n) is 3.40. The lowest BCUT2D eigenvalue weighted by atomic mass is 10.0. The third kappa shape index (κ3) is 5.47. The SMILES string of the molecule is CCCOc1ccc(N=Nc2ccc(C#Cc3c(F)cc4cc(CC)ccc4c3F)cc2)cc1. The Balaban J connectivity index is 1.49. The van der Waals surface area contributed by atoms with E-state index in [1.807, 2.05) is 37.3 Å². The van der Waals surface area contributed by atoms with Crippen LogP contribution in [0.4, 0.5) is 20.2 Å². The van der Waals surface area contributed by atoms with Crippen molar-refractivity contribution in [2.24, 2.45) is 10.2 Å². The highest BCUT2D eigenvalue weighted by Crippen LogP contribution is 2.25. The van der Waals surface area contributed by atoms with Crippen LogP contribution in [0.2, 0.25) is 0 Å². The van der Waals surface area contributed by atoms with Gasteiger partial charge in [0, 0.05) is 10.9 Å². The molecule has 3 nitrogen and oxygen atoms in total. The molecule has 4 aromatic rings. The van der Waals surface area contributed by atoms with Crippen LogP contribution in [0.1, 0.15) is 37.0 Å². The summed E-state index contributed by atoms with van der Waals surface area (Å²) in [6.07, 6.45) is 1.75. The third-order valence-electron chi connectivity index (χ3n) is 5.29. The highest BCUT2D eigenvalue weighted by Gasteiger charge is 2.12. The first kappa shape index (κ1) is 23.1. The van der Waals surface area contributed by atoms with Gasteiger partial charge in [-0.2, -0.15) is 10.2 Å². The molecule has 0 atom stereocenters. The minimum absolute atomic E-state index is 0.230.